The summed E-state index contributed by atoms with van der Waals surface area (Å²) < 4.78 is 0. The summed E-state index contributed by atoms with van der Waals surface area (Å²) >= 11 is 13.4. The standard InChI is InChI=1S/C26H38Cl2/c27-19-14-18(15-20(28)16-19)26-23-12-6-4-10-21(23)25(17-8-2-1-3-9-17)22-11-5-7-13-24(22)26/h8,18-21,23-24,26H,1-7,9-16H2. The van der Waals surface area contributed by atoms with Crippen molar-refractivity contribution in [3.8, 4) is 0 Å². The third-order valence-corrected chi connectivity index (χ3v) is 9.68. The van der Waals surface area contributed by atoms with Crippen molar-refractivity contribution in [1.82, 2.24) is 0 Å². The molecule has 3 saturated carbocycles. The van der Waals surface area contributed by atoms with Gasteiger partial charge in [0.2, 0.25) is 0 Å². The lowest BCUT2D eigenvalue weighted by Crippen LogP contribution is -2.45. The smallest absolute Gasteiger partial charge is 0.0352 e. The molecule has 0 bridgehead atoms. The molecule has 3 fully saturated rings. The fourth-order valence-corrected chi connectivity index (χ4v) is 9.04. The van der Waals surface area contributed by atoms with Gasteiger partial charge in [0.05, 0.1) is 0 Å². The van der Waals surface area contributed by atoms with Gasteiger partial charge in [0, 0.05) is 10.8 Å². The Morgan fingerprint density at radius 1 is 0.714 bits per heavy atom. The third-order valence-electron chi connectivity index (χ3n) is 8.96. The highest BCUT2D eigenvalue weighted by Gasteiger charge is 2.49. The lowest BCUT2D eigenvalue weighted by atomic mass is 9.51. The molecule has 0 nitrogen and oxygen atoms in total. The molecule has 0 aromatic heterocycles. The van der Waals surface area contributed by atoms with Crippen molar-refractivity contribution in [1.29, 1.82) is 0 Å². The third kappa shape index (κ3) is 3.75. The zero-order valence-electron chi connectivity index (χ0n) is 17.5. The van der Waals surface area contributed by atoms with Gasteiger partial charge in [0.25, 0.3) is 0 Å². The lowest BCUT2D eigenvalue weighted by molar-refractivity contribution is 0.0492. The van der Waals surface area contributed by atoms with Gasteiger partial charge in [-0.3, -0.25) is 0 Å². The Morgan fingerprint density at radius 3 is 2.21 bits per heavy atom. The molecule has 6 atom stereocenters. The predicted octanol–water partition coefficient (Wildman–Crippen LogP) is 8.42. The van der Waals surface area contributed by atoms with E-state index in [9.17, 15) is 0 Å². The maximum absolute atomic E-state index is 6.72. The molecule has 2 heteroatoms. The van der Waals surface area contributed by atoms with E-state index in [0.717, 1.165) is 36.0 Å². The fourth-order valence-electron chi connectivity index (χ4n) is 8.06. The second kappa shape index (κ2) is 8.66. The molecule has 0 aromatic carbocycles. The number of hydrogen-bond donors (Lipinski definition) is 0. The normalized spacial score (nSPS) is 44.5. The van der Waals surface area contributed by atoms with Crippen LogP contribution in [0.4, 0.5) is 0 Å². The van der Waals surface area contributed by atoms with Gasteiger partial charge in [-0.15, -0.1) is 23.2 Å². The van der Waals surface area contributed by atoms with Crippen molar-refractivity contribution in [3.63, 3.8) is 0 Å². The van der Waals surface area contributed by atoms with Gasteiger partial charge in [0.15, 0.2) is 0 Å². The van der Waals surface area contributed by atoms with Gasteiger partial charge in [-0.05, 0) is 118 Å². The Bertz CT molecular complexity index is 622. The first kappa shape index (κ1) is 20.0. The van der Waals surface area contributed by atoms with E-state index in [1.165, 1.54) is 89.9 Å². The predicted molar refractivity (Wildman–Crippen MR) is 121 cm³/mol. The van der Waals surface area contributed by atoms with Crippen LogP contribution in [0.5, 0.6) is 0 Å². The van der Waals surface area contributed by atoms with Gasteiger partial charge >= 0.3 is 0 Å². The van der Waals surface area contributed by atoms with E-state index in [0.29, 0.717) is 10.8 Å². The van der Waals surface area contributed by atoms with Crippen LogP contribution in [0, 0.1) is 29.6 Å². The van der Waals surface area contributed by atoms with Crippen LogP contribution in [-0.4, -0.2) is 10.8 Å². The Kier molecular flexibility index (Phi) is 6.18. The molecule has 28 heavy (non-hydrogen) atoms. The zero-order valence-corrected chi connectivity index (χ0v) is 19.0. The van der Waals surface area contributed by atoms with E-state index in [-0.39, 0.29) is 0 Å². The summed E-state index contributed by atoms with van der Waals surface area (Å²) in [6.07, 6.45) is 23.1. The Morgan fingerprint density at radius 2 is 1.43 bits per heavy atom. The largest absolute Gasteiger partial charge is 0.123 e. The van der Waals surface area contributed by atoms with E-state index >= 15 is 0 Å². The summed E-state index contributed by atoms with van der Waals surface area (Å²) in [5.74, 6) is 4.26. The number of allylic oxidation sites excluding steroid dienone is 4. The number of hydrogen-bond acceptors (Lipinski definition) is 0. The molecule has 0 aromatic rings. The van der Waals surface area contributed by atoms with Crippen LogP contribution < -0.4 is 0 Å². The summed E-state index contributed by atoms with van der Waals surface area (Å²) in [6.45, 7) is 0. The van der Waals surface area contributed by atoms with Crippen molar-refractivity contribution < 1.29 is 0 Å². The minimum Gasteiger partial charge on any atom is -0.123 e. The van der Waals surface area contributed by atoms with Gasteiger partial charge in [-0.2, -0.15) is 0 Å². The van der Waals surface area contributed by atoms with Crippen LogP contribution in [-0.2, 0) is 0 Å². The van der Waals surface area contributed by atoms with Crippen molar-refractivity contribution >= 4 is 23.2 Å². The second-order valence-electron chi connectivity index (χ2n) is 10.6. The molecule has 0 aliphatic heterocycles. The summed E-state index contributed by atoms with van der Waals surface area (Å²) in [4.78, 5) is 0. The van der Waals surface area contributed by atoms with Crippen molar-refractivity contribution in [2.45, 2.75) is 107 Å². The van der Waals surface area contributed by atoms with E-state index in [2.05, 4.69) is 6.08 Å². The maximum Gasteiger partial charge on any atom is 0.0352 e. The summed E-state index contributed by atoms with van der Waals surface area (Å²) in [7, 11) is 0. The number of alkyl halides is 2. The molecule has 156 valence electrons. The van der Waals surface area contributed by atoms with Gasteiger partial charge in [-0.1, -0.05) is 30.9 Å². The van der Waals surface area contributed by atoms with E-state index < -0.39 is 0 Å². The van der Waals surface area contributed by atoms with Gasteiger partial charge in [-0.25, -0.2) is 0 Å². The second-order valence-corrected chi connectivity index (χ2v) is 11.8. The van der Waals surface area contributed by atoms with E-state index in [1.807, 2.05) is 11.1 Å². The van der Waals surface area contributed by atoms with Crippen LogP contribution in [0.2, 0.25) is 0 Å². The Labute approximate surface area is 182 Å². The molecule has 0 spiro atoms. The first-order valence-electron chi connectivity index (χ1n) is 12.4. The first-order valence-corrected chi connectivity index (χ1v) is 13.3. The zero-order chi connectivity index (χ0) is 19.1. The lowest BCUT2D eigenvalue weighted by Gasteiger charge is -2.54. The Hall–Kier alpha value is 0.0600. The molecule has 0 N–H and O–H groups in total. The molecule has 5 aliphatic rings. The van der Waals surface area contributed by atoms with Gasteiger partial charge in [0.1, 0.15) is 0 Å². The number of fused-ring (bicyclic) bond motifs is 2. The molecule has 0 saturated heterocycles. The van der Waals surface area contributed by atoms with Crippen LogP contribution >= 0.6 is 23.2 Å². The maximum atomic E-state index is 6.72. The topological polar surface area (TPSA) is 0 Å². The van der Waals surface area contributed by atoms with Crippen molar-refractivity contribution in [2.24, 2.45) is 29.6 Å². The number of rotatable bonds is 2. The van der Waals surface area contributed by atoms with Crippen molar-refractivity contribution in [3.05, 3.63) is 22.8 Å². The average Bonchev–Trinajstić information content (AvgIpc) is 2.71. The van der Waals surface area contributed by atoms with Gasteiger partial charge < -0.3 is 0 Å². The minimum absolute atomic E-state index is 0.307. The fraction of sp³-hybridized carbons (Fsp3) is 0.846. The molecule has 0 amide bonds. The summed E-state index contributed by atoms with van der Waals surface area (Å²) in [6, 6.07) is 0. The highest BCUT2D eigenvalue weighted by atomic mass is 35.5. The monoisotopic (exact) mass is 420 g/mol. The Balaban J connectivity index is 1.55. The molecule has 5 aliphatic carbocycles. The number of halogens is 2. The van der Waals surface area contributed by atoms with Crippen LogP contribution in [0.15, 0.2) is 22.8 Å². The molecular formula is C26H38Cl2. The van der Waals surface area contributed by atoms with Crippen LogP contribution in [0.25, 0.3) is 0 Å². The molecule has 0 heterocycles. The van der Waals surface area contributed by atoms with Crippen molar-refractivity contribution in [2.75, 3.05) is 0 Å². The molecular weight excluding hydrogens is 383 g/mol. The molecule has 6 unspecified atom stereocenters. The summed E-state index contributed by atoms with van der Waals surface area (Å²) in [5, 5.41) is 0.614. The van der Waals surface area contributed by atoms with Crippen LogP contribution in [0.3, 0.4) is 0 Å². The van der Waals surface area contributed by atoms with Crippen LogP contribution in [0.1, 0.15) is 96.3 Å². The highest BCUT2D eigenvalue weighted by molar-refractivity contribution is 6.23. The minimum atomic E-state index is 0.307. The highest BCUT2D eigenvalue weighted by Crippen LogP contribution is 2.59. The summed E-state index contributed by atoms with van der Waals surface area (Å²) in [5.41, 5.74) is 5.62. The molecule has 5 rings (SSSR count). The van der Waals surface area contributed by atoms with E-state index in [1.54, 1.807) is 5.57 Å². The molecule has 0 radical (unpaired) electrons. The van der Waals surface area contributed by atoms with E-state index in [4.69, 9.17) is 23.2 Å². The quantitative estimate of drug-likeness (QED) is 0.393. The first-order chi connectivity index (χ1) is 13.7. The SMILES string of the molecule is ClC1CC(Cl)CC(C2C3CCCCC3=C(C3=CCCCC3)C3CCCCC32)C1. The average molecular weight is 421 g/mol.